The van der Waals surface area contributed by atoms with Gasteiger partial charge in [-0.15, -0.1) is 5.10 Å². The fraction of sp³-hybridized carbons (Fsp3) is 0.174. The molecule has 2 aromatic carbocycles. The first-order valence-corrected chi connectivity index (χ1v) is 10.7. The topological polar surface area (TPSA) is 62.0 Å². The molecule has 150 valence electrons. The highest BCUT2D eigenvalue weighted by atomic mass is 32.2. The number of rotatable bonds is 3. The summed E-state index contributed by atoms with van der Waals surface area (Å²) in [5, 5.41) is 11.7. The van der Waals surface area contributed by atoms with Crippen LogP contribution in [0.3, 0.4) is 0 Å². The average molecular weight is 416 g/mol. The second-order valence-electron chi connectivity index (χ2n) is 7.39. The molecule has 6 nitrogen and oxygen atoms in total. The van der Waals surface area contributed by atoms with E-state index in [2.05, 4.69) is 36.5 Å². The number of amides is 1. The number of benzene rings is 2. The number of hydrogen-bond acceptors (Lipinski definition) is 5. The number of amidine groups is 1. The Morgan fingerprint density at radius 1 is 1.07 bits per heavy atom. The van der Waals surface area contributed by atoms with E-state index in [-0.39, 0.29) is 5.91 Å². The second kappa shape index (κ2) is 7.50. The van der Waals surface area contributed by atoms with Crippen LogP contribution in [0, 0.1) is 6.92 Å². The van der Waals surface area contributed by atoms with Crippen LogP contribution in [-0.2, 0) is 17.6 Å². The molecule has 0 radical (unpaired) electrons. The van der Waals surface area contributed by atoms with Crippen LogP contribution in [0.2, 0.25) is 0 Å². The SMILES string of the molecule is Cc1ccc(CSC2=NN3C(=c4ccccc4=N[C@@H]3c3cccn3C)C(=O)N2)cc1. The number of aromatic nitrogens is 1. The quantitative estimate of drug-likeness (QED) is 0.715. The van der Waals surface area contributed by atoms with Crippen molar-refractivity contribution in [2.75, 3.05) is 0 Å². The first-order valence-electron chi connectivity index (χ1n) is 9.76. The number of hydrogen-bond donors (Lipinski definition) is 1. The lowest BCUT2D eigenvalue weighted by Gasteiger charge is -2.34. The lowest BCUT2D eigenvalue weighted by atomic mass is 10.1. The molecule has 1 atom stereocenters. The van der Waals surface area contributed by atoms with Gasteiger partial charge >= 0.3 is 0 Å². The molecule has 7 heteroatoms. The molecule has 0 aliphatic carbocycles. The fourth-order valence-electron chi connectivity index (χ4n) is 3.66. The summed E-state index contributed by atoms with van der Waals surface area (Å²) < 4.78 is 2.01. The van der Waals surface area contributed by atoms with Gasteiger partial charge in [-0.3, -0.25) is 15.1 Å². The van der Waals surface area contributed by atoms with Crippen LogP contribution in [-0.4, -0.2) is 20.7 Å². The molecule has 5 rings (SSSR count). The Hall–Kier alpha value is -3.32. The van der Waals surface area contributed by atoms with Gasteiger partial charge in [0.25, 0.3) is 5.91 Å². The van der Waals surface area contributed by atoms with Gasteiger partial charge in [-0.05, 0) is 30.7 Å². The van der Waals surface area contributed by atoms with Crippen LogP contribution in [0.1, 0.15) is 23.0 Å². The van der Waals surface area contributed by atoms with Gasteiger partial charge in [0.15, 0.2) is 11.3 Å². The van der Waals surface area contributed by atoms with Gasteiger partial charge in [-0.1, -0.05) is 59.8 Å². The van der Waals surface area contributed by atoms with Crippen LogP contribution < -0.4 is 15.9 Å². The summed E-state index contributed by atoms with van der Waals surface area (Å²) in [6.07, 6.45) is 1.59. The number of hydrazone groups is 1. The summed E-state index contributed by atoms with van der Waals surface area (Å²) in [6, 6.07) is 20.1. The molecule has 0 spiro atoms. The molecule has 0 saturated heterocycles. The van der Waals surface area contributed by atoms with Crippen molar-refractivity contribution in [3.8, 4) is 0 Å². The molecule has 1 amide bonds. The zero-order valence-corrected chi connectivity index (χ0v) is 17.6. The Kier molecular flexibility index (Phi) is 4.67. The zero-order valence-electron chi connectivity index (χ0n) is 16.7. The molecular formula is C23H21N5OS. The average Bonchev–Trinajstić information content (AvgIpc) is 3.18. The standard InChI is InChI=1S/C23H21N5OS/c1-15-9-11-16(12-10-15)14-30-23-25-22(29)20-17-6-3-4-7-18(17)24-21(28(20)26-23)19-8-5-13-27(19)2/h3-13,21H,14H2,1-2H3,(H,25,26,29)/t21-/m0/s1. The zero-order chi connectivity index (χ0) is 20.7. The molecule has 0 unspecified atom stereocenters. The van der Waals surface area contributed by atoms with E-state index in [1.165, 1.54) is 22.9 Å². The predicted octanol–water partition coefficient (Wildman–Crippen LogP) is 2.41. The van der Waals surface area contributed by atoms with Crippen LogP contribution in [0.5, 0.6) is 0 Å². The molecule has 2 aliphatic heterocycles. The minimum atomic E-state index is -0.393. The first-order chi connectivity index (χ1) is 14.6. The maximum Gasteiger partial charge on any atom is 0.276 e. The molecule has 1 aromatic heterocycles. The van der Waals surface area contributed by atoms with Gasteiger partial charge in [0.05, 0.1) is 11.1 Å². The van der Waals surface area contributed by atoms with E-state index < -0.39 is 6.17 Å². The van der Waals surface area contributed by atoms with Gasteiger partial charge in [-0.25, -0.2) is 5.01 Å². The molecule has 30 heavy (non-hydrogen) atoms. The number of thioether (sulfide) groups is 1. The lowest BCUT2D eigenvalue weighted by Crippen LogP contribution is -2.50. The minimum absolute atomic E-state index is 0.155. The van der Waals surface area contributed by atoms with E-state index in [9.17, 15) is 4.79 Å². The van der Waals surface area contributed by atoms with E-state index >= 15 is 0 Å². The lowest BCUT2D eigenvalue weighted by molar-refractivity contribution is -0.116. The van der Waals surface area contributed by atoms with E-state index in [1.54, 1.807) is 5.01 Å². The van der Waals surface area contributed by atoms with Crippen molar-refractivity contribution in [3.05, 3.63) is 94.3 Å². The number of nitrogens with zero attached hydrogens (tertiary/aromatic N) is 4. The Bertz CT molecular complexity index is 1280. The van der Waals surface area contributed by atoms with Gasteiger partial charge in [-0.2, -0.15) is 0 Å². The van der Waals surface area contributed by atoms with E-state index in [0.29, 0.717) is 10.9 Å². The third kappa shape index (κ3) is 3.31. The van der Waals surface area contributed by atoms with Crippen molar-refractivity contribution >= 4 is 28.5 Å². The summed E-state index contributed by atoms with van der Waals surface area (Å²) in [7, 11) is 1.98. The molecule has 0 bridgehead atoms. The molecule has 0 fully saturated rings. The van der Waals surface area contributed by atoms with E-state index in [4.69, 9.17) is 10.1 Å². The highest BCUT2D eigenvalue weighted by Gasteiger charge is 2.35. The van der Waals surface area contributed by atoms with Gasteiger partial charge in [0.1, 0.15) is 5.70 Å². The van der Waals surface area contributed by atoms with Crippen molar-refractivity contribution in [1.29, 1.82) is 0 Å². The molecule has 2 aliphatic rings. The van der Waals surface area contributed by atoms with Crippen LogP contribution in [0.25, 0.3) is 5.70 Å². The molecule has 3 heterocycles. The van der Waals surface area contributed by atoms with Gasteiger partial charge < -0.3 is 4.57 Å². The second-order valence-corrected chi connectivity index (χ2v) is 8.35. The number of para-hydroxylation sites is 1. The fourth-order valence-corrected chi connectivity index (χ4v) is 4.47. The molecular weight excluding hydrogens is 394 g/mol. The van der Waals surface area contributed by atoms with Crippen molar-refractivity contribution < 1.29 is 4.79 Å². The monoisotopic (exact) mass is 415 g/mol. The minimum Gasteiger partial charge on any atom is -0.351 e. The number of carbonyl (C=O) groups excluding carboxylic acids is 1. The third-order valence-electron chi connectivity index (χ3n) is 5.26. The van der Waals surface area contributed by atoms with Gasteiger partial charge in [0.2, 0.25) is 0 Å². The Morgan fingerprint density at radius 3 is 2.63 bits per heavy atom. The van der Waals surface area contributed by atoms with Crippen LogP contribution >= 0.6 is 11.8 Å². The van der Waals surface area contributed by atoms with E-state index in [1.807, 2.05) is 54.2 Å². The Morgan fingerprint density at radius 2 is 1.87 bits per heavy atom. The summed E-state index contributed by atoms with van der Waals surface area (Å²) in [5.74, 6) is 0.573. The molecule has 3 aromatic rings. The van der Waals surface area contributed by atoms with Crippen molar-refractivity contribution in [1.82, 2.24) is 14.9 Å². The normalized spacial score (nSPS) is 17.6. The summed E-state index contributed by atoms with van der Waals surface area (Å²) >= 11 is 1.52. The third-order valence-corrected chi connectivity index (χ3v) is 6.19. The smallest absolute Gasteiger partial charge is 0.276 e. The van der Waals surface area contributed by atoms with Crippen LogP contribution in [0.15, 0.2) is 77.0 Å². The first kappa shape index (κ1) is 18.7. The number of aryl methyl sites for hydroxylation is 2. The van der Waals surface area contributed by atoms with Crippen LogP contribution in [0.4, 0.5) is 0 Å². The number of nitrogens with one attached hydrogen (secondary N) is 1. The summed E-state index contributed by atoms with van der Waals surface area (Å²) in [4.78, 5) is 18.0. The Balaban J connectivity index is 1.55. The highest BCUT2D eigenvalue weighted by molar-refractivity contribution is 8.13. The Labute approximate surface area is 178 Å². The molecule has 1 N–H and O–H groups in total. The van der Waals surface area contributed by atoms with Gasteiger partial charge in [0, 0.05) is 24.2 Å². The van der Waals surface area contributed by atoms with Crippen molar-refractivity contribution in [3.63, 3.8) is 0 Å². The highest BCUT2D eigenvalue weighted by Crippen LogP contribution is 2.31. The van der Waals surface area contributed by atoms with E-state index in [0.717, 1.165) is 22.0 Å². The summed E-state index contributed by atoms with van der Waals surface area (Å²) in [6.45, 7) is 2.07. The number of carbonyl (C=O) groups is 1. The maximum atomic E-state index is 13.1. The predicted molar refractivity (Wildman–Crippen MR) is 119 cm³/mol. The maximum absolute atomic E-state index is 13.1. The van der Waals surface area contributed by atoms with Crippen molar-refractivity contribution in [2.24, 2.45) is 17.1 Å². The summed E-state index contributed by atoms with van der Waals surface area (Å²) in [5.41, 5.74) is 3.92. The largest absolute Gasteiger partial charge is 0.351 e. The van der Waals surface area contributed by atoms with Crippen molar-refractivity contribution in [2.45, 2.75) is 18.8 Å². The number of fused-ring (bicyclic) bond motifs is 2. The molecule has 0 saturated carbocycles.